The van der Waals surface area contributed by atoms with Crippen molar-refractivity contribution >= 4 is 0 Å². The highest BCUT2D eigenvalue weighted by Gasteiger charge is 2.29. The molecule has 2 unspecified atom stereocenters. The van der Waals surface area contributed by atoms with Crippen molar-refractivity contribution in [3.8, 4) is 0 Å². The highest BCUT2D eigenvalue weighted by molar-refractivity contribution is 5.37. The number of hydrogen-bond acceptors (Lipinski definition) is 1. The molecule has 0 fully saturated rings. The number of hydrogen-bond donors (Lipinski definition) is 1. The summed E-state index contributed by atoms with van der Waals surface area (Å²) in [6.45, 7) is 0. The van der Waals surface area contributed by atoms with E-state index in [9.17, 15) is 13.9 Å². The summed E-state index contributed by atoms with van der Waals surface area (Å²) in [6, 6.07) is 11.6. The zero-order valence-corrected chi connectivity index (χ0v) is 10.3. The molecule has 98 valence electrons. The van der Waals surface area contributed by atoms with E-state index >= 15 is 0 Å². The van der Waals surface area contributed by atoms with Crippen LogP contribution in [0, 0.1) is 11.6 Å². The van der Waals surface area contributed by atoms with Crippen molar-refractivity contribution in [2.75, 3.05) is 0 Å². The standard InChI is InChI=1S/C16H14F2O/c17-14-8-6-11(9-15(14)18)16(19)13-7-5-10-3-1-2-4-12(10)13/h1-4,6,8-9,13,16,19H,5,7H2. The highest BCUT2D eigenvalue weighted by atomic mass is 19.2. The number of fused-ring (bicyclic) bond motifs is 1. The molecular formula is C16H14F2O. The van der Waals surface area contributed by atoms with E-state index in [2.05, 4.69) is 0 Å². The second-order valence-electron chi connectivity index (χ2n) is 4.96. The molecule has 1 aliphatic carbocycles. The Morgan fingerprint density at radius 1 is 1.05 bits per heavy atom. The second-order valence-corrected chi connectivity index (χ2v) is 4.96. The molecule has 0 spiro atoms. The Labute approximate surface area is 110 Å². The molecule has 0 aromatic heterocycles. The van der Waals surface area contributed by atoms with Crippen LogP contribution in [0.2, 0.25) is 0 Å². The zero-order valence-electron chi connectivity index (χ0n) is 10.3. The van der Waals surface area contributed by atoms with Crippen LogP contribution in [0.15, 0.2) is 42.5 Å². The van der Waals surface area contributed by atoms with Crippen molar-refractivity contribution < 1.29 is 13.9 Å². The first-order valence-corrected chi connectivity index (χ1v) is 6.37. The monoisotopic (exact) mass is 260 g/mol. The Morgan fingerprint density at radius 2 is 1.84 bits per heavy atom. The molecule has 1 aliphatic rings. The summed E-state index contributed by atoms with van der Waals surface area (Å²) >= 11 is 0. The molecule has 3 heteroatoms. The smallest absolute Gasteiger partial charge is 0.159 e. The van der Waals surface area contributed by atoms with Crippen molar-refractivity contribution in [1.29, 1.82) is 0 Å². The molecule has 0 amide bonds. The van der Waals surface area contributed by atoms with Gasteiger partial charge in [0.1, 0.15) is 0 Å². The van der Waals surface area contributed by atoms with Gasteiger partial charge in [0.2, 0.25) is 0 Å². The second kappa shape index (κ2) is 4.74. The molecule has 2 aromatic rings. The lowest BCUT2D eigenvalue weighted by molar-refractivity contribution is 0.144. The first kappa shape index (κ1) is 12.3. The van der Waals surface area contributed by atoms with Crippen molar-refractivity contribution in [3.63, 3.8) is 0 Å². The molecule has 0 aliphatic heterocycles. The molecule has 1 nitrogen and oxygen atoms in total. The average molecular weight is 260 g/mol. The summed E-state index contributed by atoms with van der Waals surface area (Å²) in [4.78, 5) is 0. The summed E-state index contributed by atoms with van der Waals surface area (Å²) in [5.41, 5.74) is 2.77. The third kappa shape index (κ3) is 2.15. The highest BCUT2D eigenvalue weighted by Crippen LogP contribution is 2.41. The van der Waals surface area contributed by atoms with Crippen LogP contribution in [0.25, 0.3) is 0 Å². The van der Waals surface area contributed by atoms with Gasteiger partial charge in [-0.15, -0.1) is 0 Å². The lowest BCUT2D eigenvalue weighted by atomic mass is 9.90. The minimum atomic E-state index is -0.914. The maximum absolute atomic E-state index is 13.2. The van der Waals surface area contributed by atoms with Gasteiger partial charge in [0.25, 0.3) is 0 Å². The van der Waals surface area contributed by atoms with Gasteiger partial charge in [-0.1, -0.05) is 30.3 Å². The number of aliphatic hydroxyl groups is 1. The molecule has 19 heavy (non-hydrogen) atoms. The lowest BCUT2D eigenvalue weighted by Crippen LogP contribution is -2.08. The molecule has 0 saturated carbocycles. The zero-order chi connectivity index (χ0) is 13.4. The maximum Gasteiger partial charge on any atom is 0.159 e. The molecule has 0 heterocycles. The van der Waals surface area contributed by atoms with E-state index in [1.54, 1.807) is 0 Å². The summed E-state index contributed by atoms with van der Waals surface area (Å²) in [5, 5.41) is 10.4. The van der Waals surface area contributed by atoms with Gasteiger partial charge in [-0.25, -0.2) is 8.78 Å². The SMILES string of the molecule is OC(c1ccc(F)c(F)c1)C1CCc2ccccc21. The largest absolute Gasteiger partial charge is 0.388 e. The predicted molar refractivity (Wildman–Crippen MR) is 68.8 cm³/mol. The molecule has 1 N–H and O–H groups in total. The Bertz CT molecular complexity index is 609. The van der Waals surface area contributed by atoms with E-state index in [1.165, 1.54) is 11.6 Å². The normalized spacial score (nSPS) is 19.2. The van der Waals surface area contributed by atoms with Gasteiger partial charge in [-0.3, -0.25) is 0 Å². The minimum absolute atomic E-state index is 0.0407. The van der Waals surface area contributed by atoms with Crippen molar-refractivity contribution in [2.45, 2.75) is 24.9 Å². The van der Waals surface area contributed by atoms with E-state index in [4.69, 9.17) is 0 Å². The summed E-state index contributed by atoms with van der Waals surface area (Å²) in [7, 11) is 0. The van der Waals surface area contributed by atoms with Gasteiger partial charge in [0, 0.05) is 5.92 Å². The number of aryl methyl sites for hydroxylation is 1. The summed E-state index contributed by atoms with van der Waals surface area (Å²) in [5.74, 6) is -1.84. The quantitative estimate of drug-likeness (QED) is 0.872. The molecule has 2 aromatic carbocycles. The van der Waals surface area contributed by atoms with E-state index in [1.807, 2.05) is 24.3 Å². The fourth-order valence-corrected chi connectivity index (χ4v) is 2.85. The van der Waals surface area contributed by atoms with Crippen LogP contribution in [-0.4, -0.2) is 5.11 Å². The van der Waals surface area contributed by atoms with Crippen LogP contribution in [-0.2, 0) is 6.42 Å². The van der Waals surface area contributed by atoms with Crippen LogP contribution >= 0.6 is 0 Å². The molecule has 3 rings (SSSR count). The number of rotatable bonds is 2. The summed E-state index contributed by atoms with van der Waals surface area (Å²) < 4.78 is 26.2. The van der Waals surface area contributed by atoms with Crippen molar-refractivity contribution in [3.05, 3.63) is 70.8 Å². The molecule has 0 bridgehead atoms. The number of halogens is 2. The van der Waals surface area contributed by atoms with E-state index in [-0.39, 0.29) is 5.92 Å². The van der Waals surface area contributed by atoms with E-state index < -0.39 is 17.7 Å². The first-order valence-electron chi connectivity index (χ1n) is 6.37. The van der Waals surface area contributed by atoms with Crippen LogP contribution in [0.1, 0.15) is 35.1 Å². The van der Waals surface area contributed by atoms with Crippen LogP contribution in [0.5, 0.6) is 0 Å². The Morgan fingerprint density at radius 3 is 2.63 bits per heavy atom. The van der Waals surface area contributed by atoms with Gasteiger partial charge in [-0.2, -0.15) is 0 Å². The van der Waals surface area contributed by atoms with Gasteiger partial charge in [0.05, 0.1) is 6.10 Å². The first-order chi connectivity index (χ1) is 9.16. The predicted octanol–water partition coefficient (Wildman–Crippen LogP) is 3.73. The molecule has 2 atom stereocenters. The molecule has 0 radical (unpaired) electrons. The van der Waals surface area contributed by atoms with Crippen LogP contribution < -0.4 is 0 Å². The van der Waals surface area contributed by atoms with Gasteiger partial charge < -0.3 is 5.11 Å². The Hall–Kier alpha value is -1.74. The van der Waals surface area contributed by atoms with Gasteiger partial charge in [0.15, 0.2) is 11.6 Å². The third-order valence-electron chi connectivity index (χ3n) is 3.85. The number of aliphatic hydroxyl groups excluding tert-OH is 1. The molecule has 0 saturated heterocycles. The van der Waals surface area contributed by atoms with Crippen LogP contribution in [0.3, 0.4) is 0 Å². The topological polar surface area (TPSA) is 20.2 Å². The number of benzene rings is 2. The van der Waals surface area contributed by atoms with E-state index in [0.29, 0.717) is 5.56 Å². The van der Waals surface area contributed by atoms with E-state index in [0.717, 1.165) is 30.5 Å². The Balaban J connectivity index is 1.93. The van der Waals surface area contributed by atoms with Gasteiger partial charge >= 0.3 is 0 Å². The van der Waals surface area contributed by atoms with Crippen LogP contribution in [0.4, 0.5) is 8.78 Å². The summed E-state index contributed by atoms with van der Waals surface area (Å²) in [6.07, 6.45) is 0.958. The minimum Gasteiger partial charge on any atom is -0.388 e. The van der Waals surface area contributed by atoms with Crippen molar-refractivity contribution in [1.82, 2.24) is 0 Å². The van der Waals surface area contributed by atoms with Gasteiger partial charge in [-0.05, 0) is 41.7 Å². The third-order valence-corrected chi connectivity index (χ3v) is 3.85. The molecular weight excluding hydrogens is 246 g/mol. The van der Waals surface area contributed by atoms with Crippen molar-refractivity contribution in [2.24, 2.45) is 0 Å². The Kier molecular flexibility index (Phi) is 3.07. The lowest BCUT2D eigenvalue weighted by Gasteiger charge is -2.19. The maximum atomic E-state index is 13.2. The average Bonchev–Trinajstić information content (AvgIpc) is 2.85. The fraction of sp³-hybridized carbons (Fsp3) is 0.250. The fourth-order valence-electron chi connectivity index (χ4n) is 2.85.